The molecule has 3 amide bonds. The summed E-state index contributed by atoms with van der Waals surface area (Å²) in [5, 5.41) is 12.4. The number of benzene rings is 2. The van der Waals surface area contributed by atoms with Crippen LogP contribution in [0.1, 0.15) is 56.3 Å². The molecule has 0 aromatic heterocycles. The molecule has 1 spiro atoms. The summed E-state index contributed by atoms with van der Waals surface area (Å²) in [7, 11) is 0. The zero-order valence-corrected chi connectivity index (χ0v) is 26.7. The van der Waals surface area contributed by atoms with Crippen LogP contribution in [0.4, 0.5) is 0 Å². The van der Waals surface area contributed by atoms with Crippen molar-refractivity contribution < 1.29 is 33.8 Å². The molecule has 0 saturated carbocycles. The number of carbonyl (C=O) groups is 4. The normalized spacial score (nSPS) is 31.5. The molecule has 5 bridgehead atoms. The first-order chi connectivity index (χ1) is 22.8. The van der Waals surface area contributed by atoms with Gasteiger partial charge in [0.2, 0.25) is 17.7 Å². The molecule has 2 aromatic rings. The third-order valence-electron chi connectivity index (χ3n) is 9.71. The number of carbonyl (C=O) groups excluding carboxylic acids is 4. The van der Waals surface area contributed by atoms with E-state index in [0.29, 0.717) is 44.3 Å². The zero-order chi connectivity index (χ0) is 33.0. The van der Waals surface area contributed by atoms with Crippen LogP contribution in [0.3, 0.4) is 0 Å². The Morgan fingerprint density at radius 1 is 0.936 bits per heavy atom. The highest BCUT2D eigenvalue weighted by Gasteiger charge is 2.73. The number of hydrogen-bond donors (Lipinski definition) is 2. The molecular weight excluding hydrogens is 598 g/mol. The lowest BCUT2D eigenvalue weighted by molar-refractivity contribution is -0.161. The number of rotatable bonds is 8. The van der Waals surface area contributed by atoms with Gasteiger partial charge in [-0.1, -0.05) is 85.0 Å². The summed E-state index contributed by atoms with van der Waals surface area (Å²) in [6.45, 7) is 2.72. The number of aliphatic hydroxyl groups is 1. The first-order valence-electron chi connectivity index (χ1n) is 16.6. The van der Waals surface area contributed by atoms with Crippen molar-refractivity contribution in [3.05, 3.63) is 96.1 Å². The van der Waals surface area contributed by atoms with Crippen molar-refractivity contribution in [3.63, 3.8) is 0 Å². The van der Waals surface area contributed by atoms with Gasteiger partial charge < -0.3 is 29.7 Å². The van der Waals surface area contributed by atoms with Crippen LogP contribution in [0, 0.1) is 11.8 Å². The molecule has 0 unspecified atom stereocenters. The summed E-state index contributed by atoms with van der Waals surface area (Å²) in [5.74, 6) is -3.27. The molecule has 47 heavy (non-hydrogen) atoms. The molecule has 4 aliphatic heterocycles. The maximum Gasteiger partial charge on any atom is 0.313 e. The number of esters is 1. The number of nitrogens with one attached hydrogen (secondary N) is 1. The summed E-state index contributed by atoms with van der Waals surface area (Å²) in [5.41, 5.74) is 0.324. The van der Waals surface area contributed by atoms with E-state index in [1.807, 2.05) is 78.9 Å². The van der Waals surface area contributed by atoms with E-state index in [2.05, 4.69) is 5.32 Å². The molecule has 248 valence electrons. The van der Waals surface area contributed by atoms with Gasteiger partial charge in [-0.15, -0.1) is 0 Å². The summed E-state index contributed by atoms with van der Waals surface area (Å²) >= 11 is 0. The Balaban J connectivity index is 1.40. The van der Waals surface area contributed by atoms with E-state index in [-0.39, 0.29) is 37.3 Å². The molecule has 4 heterocycles. The number of hydrogen-bond acceptors (Lipinski definition) is 7. The molecule has 2 fully saturated rings. The van der Waals surface area contributed by atoms with Gasteiger partial charge in [0.05, 0.1) is 18.1 Å². The number of ether oxygens (including phenoxy) is 2. The highest BCUT2D eigenvalue weighted by atomic mass is 16.6. The maximum atomic E-state index is 14.7. The number of cyclic esters (lactones) is 1. The van der Waals surface area contributed by atoms with Crippen LogP contribution < -0.4 is 5.32 Å². The second-order valence-electron chi connectivity index (χ2n) is 12.9. The summed E-state index contributed by atoms with van der Waals surface area (Å²) < 4.78 is 12.8. The molecule has 0 radical (unpaired) electrons. The fourth-order valence-corrected chi connectivity index (χ4v) is 7.48. The third-order valence-corrected chi connectivity index (χ3v) is 9.71. The predicted octanol–water partition coefficient (Wildman–Crippen LogP) is 3.47. The van der Waals surface area contributed by atoms with Crippen LogP contribution in [-0.2, 0) is 35.2 Å². The van der Waals surface area contributed by atoms with Crippen molar-refractivity contribution in [1.29, 1.82) is 0 Å². The number of allylic oxidation sites excluding steroid dienone is 1. The van der Waals surface area contributed by atoms with Crippen molar-refractivity contribution in [3.8, 4) is 0 Å². The highest BCUT2D eigenvalue weighted by Crippen LogP contribution is 2.56. The minimum atomic E-state index is -1.33. The largest absolute Gasteiger partial charge is 0.455 e. The molecule has 6 rings (SSSR count). The summed E-state index contributed by atoms with van der Waals surface area (Å²) in [6, 6.07) is 17.4. The van der Waals surface area contributed by atoms with Crippen molar-refractivity contribution >= 4 is 23.7 Å². The predicted molar refractivity (Wildman–Crippen MR) is 173 cm³/mol. The number of likely N-dealkylation sites (tertiary alicyclic amines) is 1. The molecule has 2 N–H and O–H groups in total. The minimum Gasteiger partial charge on any atom is -0.455 e. The lowest BCUT2D eigenvalue weighted by Gasteiger charge is -2.36. The van der Waals surface area contributed by atoms with E-state index >= 15 is 0 Å². The average Bonchev–Trinajstić information content (AvgIpc) is 3.72. The Kier molecular flexibility index (Phi) is 9.89. The lowest BCUT2D eigenvalue weighted by atomic mass is 9.74. The van der Waals surface area contributed by atoms with Gasteiger partial charge in [0.1, 0.15) is 23.7 Å². The minimum absolute atomic E-state index is 0.0446. The van der Waals surface area contributed by atoms with Crippen LogP contribution >= 0.6 is 0 Å². The van der Waals surface area contributed by atoms with Gasteiger partial charge in [0, 0.05) is 32.7 Å². The summed E-state index contributed by atoms with van der Waals surface area (Å²) in [4.78, 5) is 59.6. The van der Waals surface area contributed by atoms with Crippen molar-refractivity contribution in [2.24, 2.45) is 11.8 Å². The fourth-order valence-electron chi connectivity index (χ4n) is 7.48. The number of unbranched alkanes of at least 4 members (excludes halogenated alkanes) is 2. The lowest BCUT2D eigenvalue weighted by Crippen LogP contribution is -2.55. The van der Waals surface area contributed by atoms with Crippen molar-refractivity contribution in [2.75, 3.05) is 19.7 Å². The van der Waals surface area contributed by atoms with Crippen molar-refractivity contribution in [2.45, 2.75) is 75.5 Å². The monoisotopic (exact) mass is 641 g/mol. The highest BCUT2D eigenvalue weighted by molar-refractivity contribution is 5.99. The first kappa shape index (κ1) is 32.7. The van der Waals surface area contributed by atoms with Gasteiger partial charge in [-0.05, 0) is 43.7 Å². The molecule has 2 aromatic carbocycles. The van der Waals surface area contributed by atoms with Crippen molar-refractivity contribution in [1.82, 2.24) is 15.1 Å². The van der Waals surface area contributed by atoms with Gasteiger partial charge in [-0.3, -0.25) is 19.2 Å². The number of fused-ring (bicyclic) bond motifs is 2. The second kappa shape index (κ2) is 14.2. The van der Waals surface area contributed by atoms with E-state index in [1.165, 1.54) is 0 Å². The van der Waals surface area contributed by atoms with E-state index in [0.717, 1.165) is 5.56 Å². The maximum absolute atomic E-state index is 14.7. The van der Waals surface area contributed by atoms with E-state index in [1.54, 1.807) is 22.8 Å². The second-order valence-corrected chi connectivity index (χ2v) is 12.9. The fraction of sp³-hybridized carbons (Fsp3) is 0.459. The van der Waals surface area contributed by atoms with Gasteiger partial charge in [-0.2, -0.15) is 0 Å². The molecule has 10 heteroatoms. The van der Waals surface area contributed by atoms with Crippen LogP contribution in [0.25, 0.3) is 0 Å². The molecule has 4 aliphatic rings. The Morgan fingerprint density at radius 3 is 2.43 bits per heavy atom. The summed E-state index contributed by atoms with van der Waals surface area (Å²) in [6.07, 6.45) is 8.39. The topological polar surface area (TPSA) is 125 Å². The molecule has 10 nitrogen and oxygen atoms in total. The first-order valence-corrected chi connectivity index (χ1v) is 16.6. The van der Waals surface area contributed by atoms with Crippen LogP contribution in [0.5, 0.6) is 0 Å². The molecule has 2 saturated heterocycles. The molecule has 0 aliphatic carbocycles. The zero-order valence-electron chi connectivity index (χ0n) is 26.7. The Labute approximate surface area is 275 Å². The van der Waals surface area contributed by atoms with Gasteiger partial charge in [0.15, 0.2) is 0 Å². The van der Waals surface area contributed by atoms with E-state index in [9.17, 15) is 24.3 Å². The van der Waals surface area contributed by atoms with Crippen LogP contribution in [-0.4, -0.2) is 82.1 Å². The third kappa shape index (κ3) is 6.49. The molecular formula is C37H43N3O7. The van der Waals surface area contributed by atoms with Gasteiger partial charge in [0.25, 0.3) is 0 Å². The quantitative estimate of drug-likeness (QED) is 0.257. The Morgan fingerprint density at radius 2 is 1.68 bits per heavy atom. The number of aliphatic hydroxyl groups excluding tert-OH is 1. The standard InChI is InChI=1S/C37H43N3O7/c1-25-32(27-16-8-3-9-17-27)46-36(45)30-28-19-20-37(47-28)31(30)34(43)40(22-12-5-13-23-41)33(37)35(44)39(24-26-14-6-2-7-15-26)21-11-4-10-18-29(42)38-25/h2-4,6-9,11,14-17,19-20,25,28,30-33,41H,5,10,12-13,18,21-24H2,1H3,(H,38,42)/b11-4-/t25-,28+,30-,31-,32+,33+,37-/m0/s1. The van der Waals surface area contributed by atoms with Crippen LogP contribution in [0.15, 0.2) is 85.0 Å². The van der Waals surface area contributed by atoms with E-state index < -0.39 is 47.7 Å². The average molecular weight is 642 g/mol. The number of nitrogens with zero attached hydrogens (tertiary/aromatic N) is 2. The SMILES string of the molecule is C[C@@H]1NC(=O)CC/C=C\CN(Cc2ccccc2)C(=O)[C@H]2N(CCCCCO)C(=O)[C@@H]3[C@@H](C(=O)O[C@H]1c1ccccc1)[C@H]1C=C[C@]32O1. The van der Waals surface area contributed by atoms with Gasteiger partial charge in [-0.25, -0.2) is 0 Å². The van der Waals surface area contributed by atoms with Crippen LogP contribution in [0.2, 0.25) is 0 Å². The van der Waals surface area contributed by atoms with E-state index in [4.69, 9.17) is 9.47 Å². The smallest absolute Gasteiger partial charge is 0.313 e. The Bertz CT molecular complexity index is 1510. The van der Waals surface area contributed by atoms with Gasteiger partial charge >= 0.3 is 5.97 Å². The molecule has 7 atom stereocenters. The number of amides is 3. The Hall–Kier alpha value is -4.28.